The molecule has 6 heteroatoms. The van der Waals surface area contributed by atoms with E-state index < -0.39 is 0 Å². The van der Waals surface area contributed by atoms with Crippen LogP contribution in [0.25, 0.3) is 0 Å². The lowest BCUT2D eigenvalue weighted by molar-refractivity contribution is -0.133. The molecule has 2 aliphatic heterocycles. The van der Waals surface area contributed by atoms with Crippen molar-refractivity contribution in [3.63, 3.8) is 0 Å². The smallest absolute Gasteiger partial charge is 0.261 e. The molecule has 0 radical (unpaired) electrons. The molecular weight excluding hydrogens is 346 g/mol. The van der Waals surface area contributed by atoms with Gasteiger partial charge in [-0.2, -0.15) is 0 Å². The maximum Gasteiger partial charge on any atom is 0.261 e. The molecule has 2 amide bonds. The highest BCUT2D eigenvalue weighted by atomic mass is 32.1. The summed E-state index contributed by atoms with van der Waals surface area (Å²) in [7, 11) is 0. The van der Waals surface area contributed by atoms with E-state index >= 15 is 0 Å². The third kappa shape index (κ3) is 5.07. The van der Waals surface area contributed by atoms with Gasteiger partial charge in [0.05, 0.1) is 4.88 Å². The monoisotopic (exact) mass is 377 g/mol. The zero-order chi connectivity index (χ0) is 18.5. The Balaban J connectivity index is 1.41. The van der Waals surface area contributed by atoms with Crippen molar-refractivity contribution in [3.05, 3.63) is 21.9 Å². The second-order valence-corrected chi connectivity index (χ2v) is 9.11. The van der Waals surface area contributed by atoms with Gasteiger partial charge in [-0.15, -0.1) is 11.3 Å². The fourth-order valence-electron chi connectivity index (χ4n) is 4.02. The first kappa shape index (κ1) is 19.4. The number of piperidine rings is 2. The van der Waals surface area contributed by atoms with Crippen LogP contribution >= 0.6 is 11.3 Å². The molecule has 0 aliphatic carbocycles. The van der Waals surface area contributed by atoms with E-state index in [1.165, 1.54) is 24.2 Å². The van der Waals surface area contributed by atoms with Crippen LogP contribution in [-0.4, -0.2) is 48.9 Å². The topological polar surface area (TPSA) is 61.4 Å². The summed E-state index contributed by atoms with van der Waals surface area (Å²) in [6.45, 7) is 7.89. The zero-order valence-electron chi connectivity index (χ0n) is 15.9. The minimum atomic E-state index is 0.0197. The van der Waals surface area contributed by atoms with Crippen LogP contribution in [0.3, 0.4) is 0 Å². The second kappa shape index (κ2) is 9.00. The van der Waals surface area contributed by atoms with Gasteiger partial charge < -0.3 is 15.5 Å². The highest BCUT2D eigenvalue weighted by Crippen LogP contribution is 2.24. The first-order chi connectivity index (χ1) is 12.5. The molecule has 26 heavy (non-hydrogen) atoms. The number of likely N-dealkylation sites (tertiary alicyclic amines) is 1. The molecule has 1 aromatic rings. The Hall–Kier alpha value is -1.40. The fraction of sp³-hybridized carbons (Fsp3) is 0.700. The van der Waals surface area contributed by atoms with Gasteiger partial charge in [0, 0.05) is 30.4 Å². The Bertz CT molecular complexity index is 616. The molecule has 5 nitrogen and oxygen atoms in total. The largest absolute Gasteiger partial charge is 0.348 e. The summed E-state index contributed by atoms with van der Waals surface area (Å²) < 4.78 is 0. The van der Waals surface area contributed by atoms with Crippen molar-refractivity contribution in [1.82, 2.24) is 15.5 Å². The first-order valence-electron chi connectivity index (χ1n) is 9.88. The van der Waals surface area contributed by atoms with Gasteiger partial charge in [-0.05, 0) is 69.7 Å². The first-order valence-corrected chi connectivity index (χ1v) is 10.7. The number of nitrogens with one attached hydrogen (secondary N) is 2. The molecular formula is C20H31N3O2S. The van der Waals surface area contributed by atoms with Gasteiger partial charge in [-0.1, -0.05) is 6.92 Å². The standard InChI is InChI=1S/C20H31N3O2S/c1-14(16-4-3-9-21-13-16)12-19(24)23-10-7-17(8-11-23)22-20(25)18-6-5-15(2)26-18/h5-6,14,16-17,21H,3-4,7-13H2,1-2H3,(H,22,25). The number of carbonyl (C=O) groups is 2. The van der Waals surface area contributed by atoms with Crippen LogP contribution in [-0.2, 0) is 4.79 Å². The number of amides is 2. The highest BCUT2D eigenvalue weighted by molar-refractivity contribution is 7.13. The number of nitrogens with zero attached hydrogens (tertiary/aromatic N) is 1. The summed E-state index contributed by atoms with van der Waals surface area (Å²) >= 11 is 1.53. The van der Waals surface area contributed by atoms with Crippen molar-refractivity contribution < 1.29 is 9.59 Å². The van der Waals surface area contributed by atoms with Gasteiger partial charge in [0.2, 0.25) is 5.91 Å². The van der Waals surface area contributed by atoms with Crippen molar-refractivity contribution in [3.8, 4) is 0 Å². The van der Waals surface area contributed by atoms with Gasteiger partial charge in [-0.25, -0.2) is 0 Å². The van der Waals surface area contributed by atoms with Crippen LogP contribution < -0.4 is 10.6 Å². The van der Waals surface area contributed by atoms with E-state index in [9.17, 15) is 9.59 Å². The predicted molar refractivity (Wildman–Crippen MR) is 105 cm³/mol. The molecule has 3 heterocycles. The molecule has 2 fully saturated rings. The Morgan fingerprint density at radius 2 is 2.08 bits per heavy atom. The predicted octanol–water partition coefficient (Wildman–Crippen LogP) is 2.80. The molecule has 0 aromatic carbocycles. The second-order valence-electron chi connectivity index (χ2n) is 7.83. The number of thiophene rings is 1. The molecule has 144 valence electrons. The van der Waals surface area contributed by atoms with E-state index in [1.807, 2.05) is 24.0 Å². The van der Waals surface area contributed by atoms with Gasteiger partial charge in [0.1, 0.15) is 0 Å². The number of carbonyl (C=O) groups excluding carboxylic acids is 2. The van der Waals surface area contributed by atoms with Gasteiger partial charge >= 0.3 is 0 Å². The summed E-state index contributed by atoms with van der Waals surface area (Å²) in [5, 5.41) is 6.57. The van der Waals surface area contributed by atoms with E-state index in [1.54, 1.807) is 0 Å². The molecule has 2 unspecified atom stereocenters. The summed E-state index contributed by atoms with van der Waals surface area (Å²) in [6.07, 6.45) is 4.80. The maximum absolute atomic E-state index is 12.6. The number of rotatable bonds is 5. The molecule has 2 atom stereocenters. The number of hydrogen-bond donors (Lipinski definition) is 2. The lowest BCUT2D eigenvalue weighted by Crippen LogP contribution is -2.47. The molecule has 2 N–H and O–H groups in total. The molecule has 0 spiro atoms. The maximum atomic E-state index is 12.6. The molecule has 0 bridgehead atoms. The van der Waals surface area contributed by atoms with E-state index in [4.69, 9.17) is 0 Å². The Morgan fingerprint density at radius 1 is 1.31 bits per heavy atom. The van der Waals surface area contributed by atoms with Crippen LogP contribution in [0.5, 0.6) is 0 Å². The fourth-order valence-corrected chi connectivity index (χ4v) is 4.79. The third-order valence-electron chi connectivity index (χ3n) is 5.78. The average Bonchev–Trinajstić information content (AvgIpc) is 3.09. The van der Waals surface area contributed by atoms with Crippen molar-refractivity contribution in [1.29, 1.82) is 0 Å². The van der Waals surface area contributed by atoms with Crippen molar-refractivity contribution in [2.75, 3.05) is 26.2 Å². The summed E-state index contributed by atoms with van der Waals surface area (Å²) in [5.41, 5.74) is 0. The molecule has 0 saturated carbocycles. The van der Waals surface area contributed by atoms with Gasteiger partial charge in [0.15, 0.2) is 0 Å². The van der Waals surface area contributed by atoms with E-state index in [-0.39, 0.29) is 17.9 Å². The van der Waals surface area contributed by atoms with Crippen molar-refractivity contribution >= 4 is 23.2 Å². The normalized spacial score (nSPS) is 22.8. The Kier molecular flexibility index (Phi) is 6.70. The minimum Gasteiger partial charge on any atom is -0.348 e. The van der Waals surface area contributed by atoms with E-state index in [2.05, 4.69) is 17.6 Å². The molecule has 2 aliphatic rings. The quantitative estimate of drug-likeness (QED) is 0.829. The van der Waals surface area contributed by atoms with Crippen LogP contribution in [0.2, 0.25) is 0 Å². The Labute approximate surface area is 160 Å². The van der Waals surface area contributed by atoms with Crippen LogP contribution in [0.15, 0.2) is 12.1 Å². The lowest BCUT2D eigenvalue weighted by atomic mass is 9.85. The van der Waals surface area contributed by atoms with Crippen LogP contribution in [0, 0.1) is 18.8 Å². The summed E-state index contributed by atoms with van der Waals surface area (Å²) in [4.78, 5) is 28.8. The Morgan fingerprint density at radius 3 is 2.69 bits per heavy atom. The molecule has 1 aromatic heterocycles. The SMILES string of the molecule is Cc1ccc(C(=O)NC2CCN(C(=O)CC(C)C3CCCNC3)CC2)s1. The third-order valence-corrected chi connectivity index (χ3v) is 6.78. The zero-order valence-corrected chi connectivity index (χ0v) is 16.7. The van der Waals surface area contributed by atoms with Crippen molar-refractivity contribution in [2.24, 2.45) is 11.8 Å². The van der Waals surface area contributed by atoms with Gasteiger partial charge in [0.25, 0.3) is 5.91 Å². The number of hydrogen-bond acceptors (Lipinski definition) is 4. The summed E-state index contributed by atoms with van der Waals surface area (Å²) in [6, 6.07) is 4.04. The lowest BCUT2D eigenvalue weighted by Gasteiger charge is -2.34. The number of aryl methyl sites for hydroxylation is 1. The van der Waals surface area contributed by atoms with Crippen LogP contribution in [0.1, 0.15) is 53.6 Å². The van der Waals surface area contributed by atoms with Crippen molar-refractivity contribution in [2.45, 2.75) is 52.0 Å². The molecule has 3 rings (SSSR count). The highest BCUT2D eigenvalue weighted by Gasteiger charge is 2.27. The van der Waals surface area contributed by atoms with E-state index in [0.717, 1.165) is 48.8 Å². The minimum absolute atomic E-state index is 0.0197. The van der Waals surface area contributed by atoms with Crippen LogP contribution in [0.4, 0.5) is 0 Å². The van der Waals surface area contributed by atoms with Gasteiger partial charge in [-0.3, -0.25) is 9.59 Å². The average molecular weight is 378 g/mol. The summed E-state index contributed by atoms with van der Waals surface area (Å²) in [5.74, 6) is 1.36. The van der Waals surface area contributed by atoms with E-state index in [0.29, 0.717) is 18.3 Å². The molecule has 2 saturated heterocycles.